The maximum atomic E-state index is 12.5. The summed E-state index contributed by atoms with van der Waals surface area (Å²) in [5, 5.41) is 4.52. The summed E-state index contributed by atoms with van der Waals surface area (Å²) in [5.74, 6) is -0.00244. The molecule has 2 heterocycles. The zero-order valence-electron chi connectivity index (χ0n) is 14.8. The summed E-state index contributed by atoms with van der Waals surface area (Å²) in [7, 11) is 0. The van der Waals surface area contributed by atoms with Crippen LogP contribution >= 0.6 is 35.0 Å². The molecule has 0 unspecified atom stereocenters. The minimum Gasteiger partial charge on any atom is -0.431 e. The molecule has 3 aromatic rings. The van der Waals surface area contributed by atoms with Crippen LogP contribution in [0.2, 0.25) is 10.0 Å². The summed E-state index contributed by atoms with van der Waals surface area (Å²) in [6, 6.07) is 10.7. The van der Waals surface area contributed by atoms with Crippen LogP contribution in [0.3, 0.4) is 0 Å². The number of carbonyl (C=O) groups excluding carboxylic acids is 1. The smallest absolute Gasteiger partial charge is 0.257 e. The van der Waals surface area contributed by atoms with Crippen molar-refractivity contribution in [3.8, 4) is 0 Å². The highest BCUT2D eigenvalue weighted by atomic mass is 35.5. The lowest BCUT2D eigenvalue weighted by Gasteiger charge is -2.30. The van der Waals surface area contributed by atoms with E-state index in [0.29, 0.717) is 45.3 Å². The van der Waals surface area contributed by atoms with Crippen LogP contribution < -0.4 is 10.2 Å². The van der Waals surface area contributed by atoms with Gasteiger partial charge in [-0.05, 0) is 36.4 Å². The Labute approximate surface area is 176 Å². The van der Waals surface area contributed by atoms with E-state index in [9.17, 15) is 4.79 Å². The van der Waals surface area contributed by atoms with Gasteiger partial charge < -0.3 is 19.4 Å². The van der Waals surface area contributed by atoms with Crippen molar-refractivity contribution in [1.29, 1.82) is 0 Å². The van der Waals surface area contributed by atoms with Crippen molar-refractivity contribution in [2.45, 2.75) is 5.22 Å². The van der Waals surface area contributed by atoms with Gasteiger partial charge in [0.15, 0.2) is 5.58 Å². The third kappa shape index (κ3) is 4.55. The molecule has 6 nitrogen and oxygen atoms in total. The van der Waals surface area contributed by atoms with Gasteiger partial charge in [0.2, 0.25) is 5.91 Å². The number of nitrogens with one attached hydrogen (secondary N) is 1. The Hall–Kier alpha value is -1.93. The Bertz CT molecular complexity index is 1010. The summed E-state index contributed by atoms with van der Waals surface area (Å²) in [6.45, 7) is 2.86. The summed E-state index contributed by atoms with van der Waals surface area (Å²) >= 11 is 13.3. The Kier molecular flexibility index (Phi) is 5.96. The first-order valence-electron chi connectivity index (χ1n) is 8.69. The normalized spacial score (nSPS) is 14.4. The molecule has 1 aliphatic rings. The summed E-state index contributed by atoms with van der Waals surface area (Å²) < 4.78 is 11.0. The Morgan fingerprint density at radius 2 is 1.89 bits per heavy atom. The van der Waals surface area contributed by atoms with Gasteiger partial charge in [0.1, 0.15) is 5.52 Å². The number of aromatic nitrogens is 1. The second-order valence-electron chi connectivity index (χ2n) is 6.19. The molecule has 0 aliphatic carbocycles. The van der Waals surface area contributed by atoms with Crippen molar-refractivity contribution in [1.82, 2.24) is 4.98 Å². The third-order valence-electron chi connectivity index (χ3n) is 4.24. The van der Waals surface area contributed by atoms with E-state index in [0.717, 1.165) is 18.8 Å². The lowest BCUT2D eigenvalue weighted by molar-refractivity contribution is -0.113. The molecule has 1 N–H and O–H groups in total. The van der Waals surface area contributed by atoms with Crippen LogP contribution in [0.5, 0.6) is 0 Å². The molecule has 9 heteroatoms. The van der Waals surface area contributed by atoms with E-state index < -0.39 is 0 Å². The average molecular weight is 438 g/mol. The quantitative estimate of drug-likeness (QED) is 0.583. The molecule has 1 aromatic heterocycles. The fourth-order valence-electron chi connectivity index (χ4n) is 2.94. The van der Waals surface area contributed by atoms with Gasteiger partial charge >= 0.3 is 0 Å². The second-order valence-corrected chi connectivity index (χ2v) is 7.99. The molecule has 1 saturated heterocycles. The SMILES string of the molecule is O=C(CSc1nc2cc(Cl)ccc2o1)Nc1cc(Cl)ccc1N1CCOCC1. The number of ether oxygens (including phenoxy) is 1. The molecule has 1 amide bonds. The predicted molar refractivity (Wildman–Crippen MR) is 113 cm³/mol. The van der Waals surface area contributed by atoms with Crippen LogP contribution in [0.25, 0.3) is 11.1 Å². The summed E-state index contributed by atoms with van der Waals surface area (Å²) in [5.41, 5.74) is 2.92. The maximum absolute atomic E-state index is 12.5. The van der Waals surface area contributed by atoms with Crippen molar-refractivity contribution < 1.29 is 13.9 Å². The minimum atomic E-state index is -0.165. The second kappa shape index (κ2) is 8.61. The van der Waals surface area contributed by atoms with Gasteiger partial charge in [0.25, 0.3) is 5.22 Å². The molecule has 0 atom stereocenters. The molecule has 2 aromatic carbocycles. The number of halogens is 2. The third-order valence-corrected chi connectivity index (χ3v) is 5.54. The number of carbonyl (C=O) groups is 1. The van der Waals surface area contributed by atoms with E-state index >= 15 is 0 Å². The first-order chi connectivity index (χ1) is 13.6. The molecule has 1 fully saturated rings. The van der Waals surface area contributed by atoms with Crippen molar-refractivity contribution in [2.24, 2.45) is 0 Å². The lowest BCUT2D eigenvalue weighted by atomic mass is 10.2. The number of morpholine rings is 1. The monoisotopic (exact) mass is 437 g/mol. The number of thioether (sulfide) groups is 1. The van der Waals surface area contributed by atoms with E-state index in [-0.39, 0.29) is 11.7 Å². The van der Waals surface area contributed by atoms with Crippen LogP contribution in [0.1, 0.15) is 0 Å². The number of oxazole rings is 1. The highest BCUT2D eigenvalue weighted by Gasteiger charge is 2.17. The van der Waals surface area contributed by atoms with Crippen molar-refractivity contribution >= 4 is 63.3 Å². The number of fused-ring (bicyclic) bond motifs is 1. The first kappa shape index (κ1) is 19.4. The number of rotatable bonds is 5. The number of amides is 1. The number of benzene rings is 2. The summed E-state index contributed by atoms with van der Waals surface area (Å²) in [6.07, 6.45) is 0. The molecule has 0 spiro atoms. The van der Waals surface area contributed by atoms with Crippen molar-refractivity contribution in [3.05, 3.63) is 46.4 Å². The molecule has 1 aliphatic heterocycles. The van der Waals surface area contributed by atoms with Gasteiger partial charge in [-0.2, -0.15) is 0 Å². The fraction of sp³-hybridized carbons (Fsp3) is 0.263. The van der Waals surface area contributed by atoms with E-state index in [4.69, 9.17) is 32.4 Å². The fourth-order valence-corrected chi connectivity index (χ4v) is 3.92. The van der Waals surface area contributed by atoms with Gasteiger partial charge in [0.05, 0.1) is 30.3 Å². The first-order valence-corrected chi connectivity index (χ1v) is 10.4. The van der Waals surface area contributed by atoms with Crippen LogP contribution in [0, 0.1) is 0 Å². The highest BCUT2D eigenvalue weighted by Crippen LogP contribution is 2.31. The number of hydrogen-bond donors (Lipinski definition) is 1. The molecule has 28 heavy (non-hydrogen) atoms. The van der Waals surface area contributed by atoms with Crippen LogP contribution in [0.4, 0.5) is 11.4 Å². The molecular weight excluding hydrogens is 421 g/mol. The largest absolute Gasteiger partial charge is 0.431 e. The number of hydrogen-bond acceptors (Lipinski definition) is 6. The Morgan fingerprint density at radius 1 is 1.14 bits per heavy atom. The number of anilines is 2. The Morgan fingerprint density at radius 3 is 2.71 bits per heavy atom. The van der Waals surface area contributed by atoms with Gasteiger partial charge in [-0.25, -0.2) is 4.98 Å². The van der Waals surface area contributed by atoms with Crippen molar-refractivity contribution in [3.63, 3.8) is 0 Å². The van der Waals surface area contributed by atoms with Gasteiger partial charge in [-0.15, -0.1) is 0 Å². The molecule has 4 rings (SSSR count). The van der Waals surface area contributed by atoms with Crippen molar-refractivity contribution in [2.75, 3.05) is 42.3 Å². The molecule has 0 saturated carbocycles. The van der Waals surface area contributed by atoms with Crippen LogP contribution in [0.15, 0.2) is 46.0 Å². The zero-order chi connectivity index (χ0) is 19.5. The summed E-state index contributed by atoms with van der Waals surface area (Å²) in [4.78, 5) is 19.0. The average Bonchev–Trinajstić information content (AvgIpc) is 3.09. The van der Waals surface area contributed by atoms with E-state index in [1.165, 1.54) is 11.8 Å². The topological polar surface area (TPSA) is 67.6 Å². The minimum absolute atomic E-state index is 0.162. The molecule has 0 radical (unpaired) electrons. The van der Waals surface area contributed by atoms with Gasteiger partial charge in [0, 0.05) is 23.1 Å². The Balaban J connectivity index is 1.43. The van der Waals surface area contributed by atoms with Crippen LogP contribution in [-0.2, 0) is 9.53 Å². The molecule has 0 bridgehead atoms. The van der Waals surface area contributed by atoms with Gasteiger partial charge in [-0.1, -0.05) is 35.0 Å². The molecular formula is C19H17Cl2N3O3S. The van der Waals surface area contributed by atoms with E-state index in [1.807, 2.05) is 12.1 Å². The molecule has 146 valence electrons. The predicted octanol–water partition coefficient (Wildman–Crippen LogP) is 4.70. The van der Waals surface area contributed by atoms with Gasteiger partial charge in [-0.3, -0.25) is 4.79 Å². The van der Waals surface area contributed by atoms with E-state index in [2.05, 4.69) is 15.2 Å². The standard InChI is InChI=1S/C19H17Cl2N3O3S/c20-12-1-3-16(24-5-7-26-8-6-24)14(9-12)22-18(25)11-28-19-23-15-10-13(21)2-4-17(15)27-19/h1-4,9-10H,5-8,11H2,(H,22,25). The number of nitrogens with zero attached hydrogens (tertiary/aromatic N) is 2. The van der Waals surface area contributed by atoms with Crippen LogP contribution in [-0.4, -0.2) is 42.9 Å². The van der Waals surface area contributed by atoms with E-state index in [1.54, 1.807) is 24.3 Å². The maximum Gasteiger partial charge on any atom is 0.257 e. The lowest BCUT2D eigenvalue weighted by Crippen LogP contribution is -2.36. The highest BCUT2D eigenvalue weighted by molar-refractivity contribution is 7.99. The zero-order valence-corrected chi connectivity index (χ0v) is 17.1.